The van der Waals surface area contributed by atoms with E-state index >= 15 is 0 Å². The van der Waals surface area contributed by atoms with Gasteiger partial charge >= 0.3 is 12.1 Å². The Bertz CT molecular complexity index is 906. The fraction of sp³-hybridized carbons (Fsp3) is 0.429. The van der Waals surface area contributed by atoms with Gasteiger partial charge in [0.05, 0.1) is 35.3 Å². The van der Waals surface area contributed by atoms with E-state index in [9.17, 15) is 19.7 Å². The highest BCUT2D eigenvalue weighted by Gasteiger charge is 2.37. The van der Waals surface area contributed by atoms with E-state index in [1.807, 2.05) is 0 Å². The zero-order valence-corrected chi connectivity index (χ0v) is 17.7. The second-order valence-corrected chi connectivity index (χ2v) is 6.79. The number of nitro benzene ring substituents is 1. The maximum Gasteiger partial charge on any atom is 0.513 e. The number of aliphatic hydroxyl groups is 1. The van der Waals surface area contributed by atoms with Crippen molar-refractivity contribution in [1.82, 2.24) is 5.32 Å². The number of ether oxygens (including phenoxy) is 3. The van der Waals surface area contributed by atoms with Gasteiger partial charge in [0.2, 0.25) is 0 Å². The fourth-order valence-corrected chi connectivity index (χ4v) is 3.21. The number of nitro groups is 1. The molecule has 0 spiro atoms. The lowest BCUT2D eigenvalue weighted by atomic mass is 9.85. The normalized spacial score (nSPS) is 15.9. The van der Waals surface area contributed by atoms with Crippen molar-refractivity contribution in [2.45, 2.75) is 39.5 Å². The molecule has 1 heterocycles. The Kier molecular flexibility index (Phi) is 8.56. The SMILES string of the molecule is CCOC(=O)OC1=C(C)NC(C)=C(C(=O)OCCCCO)C1c1cccc([N+](=O)[O-])c1. The van der Waals surface area contributed by atoms with Crippen molar-refractivity contribution in [1.29, 1.82) is 0 Å². The van der Waals surface area contributed by atoms with Crippen LogP contribution in [0.2, 0.25) is 0 Å². The van der Waals surface area contributed by atoms with Gasteiger partial charge in [-0.25, -0.2) is 9.59 Å². The molecular formula is C21H26N2O8. The van der Waals surface area contributed by atoms with Crippen LogP contribution in [0.25, 0.3) is 0 Å². The van der Waals surface area contributed by atoms with Crippen LogP contribution in [0, 0.1) is 10.1 Å². The summed E-state index contributed by atoms with van der Waals surface area (Å²) in [5.41, 5.74) is 1.30. The van der Waals surface area contributed by atoms with E-state index in [0.717, 1.165) is 0 Å². The highest BCUT2D eigenvalue weighted by Crippen LogP contribution is 2.40. The number of allylic oxidation sites excluding steroid dienone is 3. The number of nitrogens with one attached hydrogen (secondary N) is 1. The van der Waals surface area contributed by atoms with Gasteiger partial charge in [-0.15, -0.1) is 0 Å². The number of non-ortho nitro benzene ring substituents is 1. The average molecular weight is 434 g/mol. The minimum absolute atomic E-state index is 0.0173. The first kappa shape index (κ1) is 23.9. The molecule has 1 unspecified atom stereocenters. The number of aliphatic hydroxyl groups excluding tert-OH is 1. The van der Waals surface area contributed by atoms with Crippen molar-refractivity contribution < 1.29 is 33.8 Å². The van der Waals surface area contributed by atoms with Crippen LogP contribution in [0.5, 0.6) is 0 Å². The molecule has 2 N–H and O–H groups in total. The van der Waals surface area contributed by atoms with E-state index < -0.39 is 23.0 Å². The van der Waals surface area contributed by atoms with Gasteiger partial charge in [0.1, 0.15) is 5.76 Å². The Hall–Kier alpha value is -3.40. The summed E-state index contributed by atoms with van der Waals surface area (Å²) in [6.45, 7) is 5.11. The summed E-state index contributed by atoms with van der Waals surface area (Å²) in [6, 6.07) is 5.75. The smallest absolute Gasteiger partial charge is 0.462 e. The van der Waals surface area contributed by atoms with Gasteiger partial charge < -0.3 is 24.6 Å². The second kappa shape index (κ2) is 11.1. The number of hydrogen-bond donors (Lipinski definition) is 2. The molecule has 2 rings (SSSR count). The molecule has 1 aromatic carbocycles. The van der Waals surface area contributed by atoms with E-state index in [4.69, 9.17) is 19.3 Å². The van der Waals surface area contributed by atoms with Gasteiger partial charge in [-0.2, -0.15) is 0 Å². The standard InChI is InChI=1S/C21H26N2O8/c1-4-29-21(26)31-19-14(3)22-13(2)17(20(25)30-11-6-5-10-24)18(19)15-8-7-9-16(12-15)23(27)28/h7-9,12,18,22,24H,4-6,10-11H2,1-3H3. The molecule has 168 valence electrons. The molecule has 0 radical (unpaired) electrons. The van der Waals surface area contributed by atoms with E-state index in [1.54, 1.807) is 26.8 Å². The molecule has 0 bridgehead atoms. The molecule has 1 aliphatic rings. The molecule has 0 aromatic heterocycles. The third-order valence-corrected chi connectivity index (χ3v) is 4.57. The topological polar surface area (TPSA) is 137 Å². The van der Waals surface area contributed by atoms with Crippen molar-refractivity contribution in [2.75, 3.05) is 19.8 Å². The second-order valence-electron chi connectivity index (χ2n) is 6.79. The van der Waals surface area contributed by atoms with Crippen LogP contribution in [-0.2, 0) is 19.0 Å². The number of hydrogen-bond acceptors (Lipinski definition) is 9. The summed E-state index contributed by atoms with van der Waals surface area (Å²) in [5, 5.41) is 23.2. The fourth-order valence-electron chi connectivity index (χ4n) is 3.21. The Morgan fingerprint density at radius 2 is 1.94 bits per heavy atom. The van der Waals surface area contributed by atoms with Crippen molar-refractivity contribution in [3.8, 4) is 0 Å². The maximum atomic E-state index is 12.9. The minimum Gasteiger partial charge on any atom is -0.462 e. The molecular weight excluding hydrogens is 408 g/mol. The summed E-state index contributed by atoms with van der Waals surface area (Å²) >= 11 is 0. The average Bonchev–Trinajstić information content (AvgIpc) is 2.73. The summed E-state index contributed by atoms with van der Waals surface area (Å²) in [7, 11) is 0. The first-order valence-corrected chi connectivity index (χ1v) is 9.85. The molecule has 0 amide bonds. The zero-order valence-electron chi connectivity index (χ0n) is 17.7. The first-order chi connectivity index (χ1) is 14.8. The number of dihydropyridines is 1. The minimum atomic E-state index is -0.954. The molecule has 1 aromatic rings. The molecule has 0 fully saturated rings. The van der Waals surface area contributed by atoms with Crippen LogP contribution in [0.15, 0.2) is 47.0 Å². The van der Waals surface area contributed by atoms with Crippen molar-refractivity contribution in [3.05, 3.63) is 62.7 Å². The first-order valence-electron chi connectivity index (χ1n) is 9.85. The molecule has 0 aliphatic carbocycles. The van der Waals surface area contributed by atoms with Gasteiger partial charge in [-0.1, -0.05) is 12.1 Å². The number of unbranched alkanes of at least 4 members (excludes halogenated alkanes) is 1. The molecule has 31 heavy (non-hydrogen) atoms. The van der Waals surface area contributed by atoms with Gasteiger partial charge in [0.25, 0.3) is 5.69 Å². The van der Waals surface area contributed by atoms with E-state index in [2.05, 4.69) is 5.32 Å². The summed E-state index contributed by atoms with van der Waals surface area (Å²) in [4.78, 5) is 35.7. The van der Waals surface area contributed by atoms with Crippen molar-refractivity contribution in [2.24, 2.45) is 0 Å². The number of esters is 1. The van der Waals surface area contributed by atoms with Crippen LogP contribution in [0.3, 0.4) is 0 Å². The number of benzene rings is 1. The lowest BCUT2D eigenvalue weighted by Gasteiger charge is -2.30. The van der Waals surface area contributed by atoms with Crippen LogP contribution in [0.1, 0.15) is 45.1 Å². The molecule has 1 atom stereocenters. The Morgan fingerprint density at radius 1 is 1.19 bits per heavy atom. The number of carbonyl (C=O) groups excluding carboxylic acids is 2. The Morgan fingerprint density at radius 3 is 2.58 bits per heavy atom. The molecule has 10 heteroatoms. The predicted octanol–water partition coefficient (Wildman–Crippen LogP) is 3.28. The van der Waals surface area contributed by atoms with Crippen LogP contribution in [-0.4, -0.2) is 42.0 Å². The highest BCUT2D eigenvalue weighted by molar-refractivity contribution is 5.92. The Labute approximate surface area is 179 Å². The highest BCUT2D eigenvalue weighted by atomic mass is 16.7. The molecule has 1 aliphatic heterocycles. The zero-order chi connectivity index (χ0) is 23.0. The lowest BCUT2D eigenvalue weighted by molar-refractivity contribution is -0.384. The molecule has 0 saturated carbocycles. The summed E-state index contributed by atoms with van der Waals surface area (Å²) in [6.07, 6.45) is 0.00261. The van der Waals surface area contributed by atoms with Gasteiger partial charge in [0, 0.05) is 24.4 Å². The lowest BCUT2D eigenvalue weighted by Crippen LogP contribution is -2.31. The number of nitrogens with zero attached hydrogens (tertiary/aromatic N) is 1. The van der Waals surface area contributed by atoms with E-state index in [1.165, 1.54) is 18.2 Å². The van der Waals surface area contributed by atoms with Crippen LogP contribution in [0.4, 0.5) is 10.5 Å². The Balaban J connectivity index is 2.49. The summed E-state index contributed by atoms with van der Waals surface area (Å²) in [5.74, 6) is -1.49. The van der Waals surface area contributed by atoms with Crippen LogP contribution < -0.4 is 5.32 Å². The monoisotopic (exact) mass is 434 g/mol. The largest absolute Gasteiger partial charge is 0.513 e. The van der Waals surface area contributed by atoms with Gasteiger partial charge in [-0.3, -0.25) is 10.1 Å². The summed E-state index contributed by atoms with van der Waals surface area (Å²) < 4.78 is 15.6. The quantitative estimate of drug-likeness (QED) is 0.259. The number of rotatable bonds is 9. The van der Waals surface area contributed by atoms with Crippen molar-refractivity contribution >= 4 is 17.8 Å². The van der Waals surface area contributed by atoms with E-state index in [-0.39, 0.29) is 36.8 Å². The van der Waals surface area contributed by atoms with Crippen LogP contribution >= 0.6 is 0 Å². The maximum absolute atomic E-state index is 12.9. The third kappa shape index (κ3) is 6.05. The van der Waals surface area contributed by atoms with Crippen molar-refractivity contribution in [3.63, 3.8) is 0 Å². The van der Waals surface area contributed by atoms with Gasteiger partial charge in [0.15, 0.2) is 0 Å². The van der Waals surface area contributed by atoms with Gasteiger partial charge in [-0.05, 0) is 39.2 Å². The predicted molar refractivity (Wildman–Crippen MR) is 110 cm³/mol. The number of carbonyl (C=O) groups is 2. The third-order valence-electron chi connectivity index (χ3n) is 4.57. The molecule has 0 saturated heterocycles. The van der Waals surface area contributed by atoms with E-state index in [0.29, 0.717) is 29.8 Å². The molecule has 10 nitrogen and oxygen atoms in total.